The molecular formula is C14H26N2O. The normalized spacial score (nSPS) is 28.6. The second-order valence-electron chi connectivity index (χ2n) is 4.58. The Hall–Kier alpha value is -0.640. The van der Waals surface area contributed by atoms with E-state index in [0.29, 0.717) is 6.10 Å². The number of nitrogens with one attached hydrogen (secondary N) is 1. The molecule has 0 aliphatic heterocycles. The summed E-state index contributed by atoms with van der Waals surface area (Å²) in [6.45, 7) is 8.81. The van der Waals surface area contributed by atoms with E-state index in [1.165, 1.54) is 0 Å². The van der Waals surface area contributed by atoms with Crippen LogP contribution in [0.1, 0.15) is 33.1 Å². The van der Waals surface area contributed by atoms with Crippen molar-refractivity contribution < 1.29 is 4.74 Å². The van der Waals surface area contributed by atoms with Crippen LogP contribution < -0.4 is 11.1 Å². The smallest absolute Gasteiger partial charge is 0.0925 e. The van der Waals surface area contributed by atoms with Gasteiger partial charge in [0.15, 0.2) is 0 Å². The fourth-order valence-corrected chi connectivity index (χ4v) is 2.17. The predicted molar refractivity (Wildman–Crippen MR) is 73.0 cm³/mol. The van der Waals surface area contributed by atoms with Crippen LogP contribution in [0.5, 0.6) is 0 Å². The average molecular weight is 238 g/mol. The highest BCUT2D eigenvalue weighted by molar-refractivity contribution is 5.07. The minimum Gasteiger partial charge on any atom is -0.369 e. The van der Waals surface area contributed by atoms with Crippen LogP contribution in [-0.4, -0.2) is 30.8 Å². The second kappa shape index (κ2) is 7.64. The van der Waals surface area contributed by atoms with Gasteiger partial charge in [0, 0.05) is 12.6 Å². The molecule has 1 rings (SSSR count). The fraction of sp³-hybridized carbons (Fsp3) is 0.714. The van der Waals surface area contributed by atoms with Gasteiger partial charge in [-0.3, -0.25) is 0 Å². The van der Waals surface area contributed by atoms with Gasteiger partial charge in [0.25, 0.3) is 0 Å². The van der Waals surface area contributed by atoms with Crippen LogP contribution in [0.25, 0.3) is 0 Å². The molecule has 0 unspecified atom stereocenters. The lowest BCUT2D eigenvalue weighted by atomic mass is 9.94. The highest BCUT2D eigenvalue weighted by atomic mass is 16.5. The Morgan fingerprint density at radius 3 is 2.82 bits per heavy atom. The van der Waals surface area contributed by atoms with Crippen molar-refractivity contribution in [1.29, 1.82) is 0 Å². The van der Waals surface area contributed by atoms with Crippen molar-refractivity contribution >= 4 is 0 Å². The summed E-state index contributed by atoms with van der Waals surface area (Å²) in [5, 5.41) is 3.39. The van der Waals surface area contributed by atoms with Gasteiger partial charge in [-0.15, -0.1) is 6.58 Å². The summed E-state index contributed by atoms with van der Waals surface area (Å²) < 4.78 is 6.03. The first kappa shape index (κ1) is 14.4. The Bertz CT molecular complexity index is 249. The zero-order valence-corrected chi connectivity index (χ0v) is 11.1. The highest BCUT2D eigenvalue weighted by Gasteiger charge is 2.28. The largest absolute Gasteiger partial charge is 0.369 e. The molecule has 0 aromatic carbocycles. The highest BCUT2D eigenvalue weighted by Crippen LogP contribution is 2.17. The first-order valence-electron chi connectivity index (χ1n) is 6.64. The van der Waals surface area contributed by atoms with Gasteiger partial charge in [0.1, 0.15) is 0 Å². The average Bonchev–Trinajstić information content (AvgIpc) is 2.36. The molecule has 3 atom stereocenters. The predicted octanol–water partition coefficient (Wildman–Crippen LogP) is 1.99. The maximum absolute atomic E-state index is 6.25. The van der Waals surface area contributed by atoms with Gasteiger partial charge in [-0.25, -0.2) is 0 Å². The molecule has 3 nitrogen and oxygen atoms in total. The van der Waals surface area contributed by atoms with Crippen LogP contribution in [0, 0.1) is 0 Å². The lowest BCUT2D eigenvalue weighted by Crippen LogP contribution is -2.54. The van der Waals surface area contributed by atoms with Crippen molar-refractivity contribution in [2.24, 2.45) is 5.73 Å². The van der Waals surface area contributed by atoms with E-state index in [2.05, 4.69) is 37.9 Å². The molecule has 1 aliphatic rings. The lowest BCUT2D eigenvalue weighted by Gasteiger charge is -2.34. The van der Waals surface area contributed by atoms with E-state index >= 15 is 0 Å². The van der Waals surface area contributed by atoms with E-state index in [-0.39, 0.29) is 18.2 Å². The molecule has 0 fully saturated rings. The minimum absolute atomic E-state index is 0.0283. The van der Waals surface area contributed by atoms with Gasteiger partial charge in [-0.2, -0.15) is 0 Å². The number of ether oxygens (including phenoxy) is 1. The third-order valence-electron chi connectivity index (χ3n) is 3.34. The topological polar surface area (TPSA) is 47.3 Å². The van der Waals surface area contributed by atoms with Crippen LogP contribution in [-0.2, 0) is 4.74 Å². The number of rotatable bonds is 7. The first-order valence-corrected chi connectivity index (χ1v) is 6.64. The molecule has 0 amide bonds. The van der Waals surface area contributed by atoms with Crippen molar-refractivity contribution in [1.82, 2.24) is 5.32 Å². The summed E-state index contributed by atoms with van der Waals surface area (Å²) in [5.74, 6) is 0. The van der Waals surface area contributed by atoms with Gasteiger partial charge in [-0.1, -0.05) is 32.1 Å². The van der Waals surface area contributed by atoms with Crippen molar-refractivity contribution in [3.8, 4) is 0 Å². The Balaban J connectivity index is 2.52. The second-order valence-corrected chi connectivity index (χ2v) is 4.58. The van der Waals surface area contributed by atoms with Gasteiger partial charge in [0.05, 0.1) is 18.2 Å². The van der Waals surface area contributed by atoms with Crippen LogP contribution >= 0.6 is 0 Å². The summed E-state index contributed by atoms with van der Waals surface area (Å²) >= 11 is 0. The summed E-state index contributed by atoms with van der Waals surface area (Å²) in [5.41, 5.74) is 6.25. The van der Waals surface area contributed by atoms with Gasteiger partial charge in [0.2, 0.25) is 0 Å². The van der Waals surface area contributed by atoms with Crippen LogP contribution in [0.3, 0.4) is 0 Å². The van der Waals surface area contributed by atoms with Crippen molar-refractivity contribution in [3.63, 3.8) is 0 Å². The van der Waals surface area contributed by atoms with Crippen LogP contribution in [0.15, 0.2) is 24.8 Å². The van der Waals surface area contributed by atoms with E-state index in [4.69, 9.17) is 10.5 Å². The molecule has 0 aromatic heterocycles. The maximum Gasteiger partial charge on any atom is 0.0925 e. The quantitative estimate of drug-likeness (QED) is 0.667. The summed E-state index contributed by atoms with van der Waals surface area (Å²) in [7, 11) is 0. The van der Waals surface area contributed by atoms with E-state index in [1.54, 1.807) is 0 Å². The Morgan fingerprint density at radius 2 is 2.24 bits per heavy atom. The molecule has 3 heteroatoms. The summed E-state index contributed by atoms with van der Waals surface area (Å²) in [4.78, 5) is 0. The van der Waals surface area contributed by atoms with E-state index in [1.807, 2.05) is 6.08 Å². The van der Waals surface area contributed by atoms with E-state index in [9.17, 15) is 0 Å². The van der Waals surface area contributed by atoms with E-state index in [0.717, 1.165) is 25.8 Å². The molecule has 3 N–H and O–H groups in total. The first-order chi connectivity index (χ1) is 8.22. The molecule has 0 spiro atoms. The molecule has 0 radical (unpaired) electrons. The Labute approximate surface area is 105 Å². The zero-order chi connectivity index (χ0) is 12.7. The third kappa shape index (κ3) is 4.26. The fourth-order valence-electron chi connectivity index (χ4n) is 2.17. The summed E-state index contributed by atoms with van der Waals surface area (Å²) in [6, 6.07) is 0.318. The third-order valence-corrected chi connectivity index (χ3v) is 3.34. The van der Waals surface area contributed by atoms with Crippen molar-refractivity contribution in [2.45, 2.75) is 57.4 Å². The number of hydrogen-bond donors (Lipinski definition) is 2. The molecule has 0 saturated carbocycles. The van der Waals surface area contributed by atoms with E-state index < -0.39 is 0 Å². The zero-order valence-electron chi connectivity index (χ0n) is 11.1. The minimum atomic E-state index is 0.0283. The van der Waals surface area contributed by atoms with Gasteiger partial charge < -0.3 is 15.8 Å². The van der Waals surface area contributed by atoms with Gasteiger partial charge >= 0.3 is 0 Å². The maximum atomic E-state index is 6.25. The Kier molecular flexibility index (Phi) is 6.48. The van der Waals surface area contributed by atoms with Gasteiger partial charge in [-0.05, 0) is 19.3 Å². The molecule has 0 bridgehead atoms. The number of nitrogens with two attached hydrogens (primary N) is 1. The van der Waals surface area contributed by atoms with Crippen LogP contribution in [0.2, 0.25) is 0 Å². The Morgan fingerprint density at radius 1 is 1.53 bits per heavy atom. The molecule has 0 saturated heterocycles. The molecule has 98 valence electrons. The summed E-state index contributed by atoms with van der Waals surface area (Å²) in [6.07, 6.45) is 9.53. The van der Waals surface area contributed by atoms with Crippen molar-refractivity contribution in [2.75, 3.05) is 6.54 Å². The molecule has 1 aliphatic carbocycles. The molecule has 17 heavy (non-hydrogen) atoms. The standard InChI is InChI=1S/C14H26N2O/c1-4-10-16-12-8-7-9-13(14(12)15)17-11(5-2)6-3/h4,7,9,11-14,16H,1,5-6,8,10,15H2,2-3H3/t12-,13+,14+/m0/s1. The molecular weight excluding hydrogens is 212 g/mol. The monoisotopic (exact) mass is 238 g/mol. The number of hydrogen-bond acceptors (Lipinski definition) is 3. The van der Waals surface area contributed by atoms with Crippen LogP contribution in [0.4, 0.5) is 0 Å². The SMILES string of the molecule is C=CCN[C@H]1CC=C[C@@H](OC(CC)CC)[C@@H]1N. The van der Waals surface area contributed by atoms with Crippen molar-refractivity contribution in [3.05, 3.63) is 24.8 Å². The lowest BCUT2D eigenvalue weighted by molar-refractivity contribution is -0.0111. The molecule has 0 aromatic rings. The molecule has 0 heterocycles.